The molecule has 23 heavy (non-hydrogen) atoms. The molecule has 0 radical (unpaired) electrons. The molecule has 0 aliphatic carbocycles. The fourth-order valence-corrected chi connectivity index (χ4v) is 2.34. The predicted molar refractivity (Wildman–Crippen MR) is 92.1 cm³/mol. The smallest absolute Gasteiger partial charge is 0.310 e. The first-order valence-electron chi connectivity index (χ1n) is 6.94. The minimum Gasteiger partial charge on any atom is -0.455 e. The fraction of sp³-hybridized carbons (Fsp3) is 0.176. The van der Waals surface area contributed by atoms with Crippen LogP contribution in [0.1, 0.15) is 11.1 Å². The van der Waals surface area contributed by atoms with E-state index in [0.29, 0.717) is 11.6 Å². The Morgan fingerprint density at radius 2 is 1.83 bits per heavy atom. The summed E-state index contributed by atoms with van der Waals surface area (Å²) in [4.78, 5) is 23.4. The summed E-state index contributed by atoms with van der Waals surface area (Å²) < 4.78 is 5.90. The number of nitrogens with one attached hydrogen (secondary N) is 1. The summed E-state index contributed by atoms with van der Waals surface area (Å²) in [5.41, 5.74) is 1.71. The highest BCUT2D eigenvalue weighted by Crippen LogP contribution is 2.11. The number of halogens is 2. The third-order valence-electron chi connectivity index (χ3n) is 3.00. The van der Waals surface area contributed by atoms with Crippen molar-refractivity contribution in [3.05, 3.63) is 69.2 Å². The molecule has 120 valence electrons. The molecular formula is C17H15BrClNO3. The first kappa shape index (κ1) is 17.5. The maximum absolute atomic E-state index is 11.7. The van der Waals surface area contributed by atoms with Gasteiger partial charge in [-0.25, -0.2) is 0 Å². The first-order valence-corrected chi connectivity index (χ1v) is 8.11. The Labute approximate surface area is 147 Å². The maximum Gasteiger partial charge on any atom is 0.310 e. The lowest BCUT2D eigenvalue weighted by Crippen LogP contribution is -2.28. The van der Waals surface area contributed by atoms with Gasteiger partial charge in [0.2, 0.25) is 0 Å². The molecule has 0 heterocycles. The van der Waals surface area contributed by atoms with Crippen molar-refractivity contribution in [2.75, 3.05) is 6.61 Å². The molecule has 2 aromatic rings. The van der Waals surface area contributed by atoms with Crippen LogP contribution in [0.2, 0.25) is 5.02 Å². The summed E-state index contributed by atoms with van der Waals surface area (Å²) in [6.45, 7) is 0.0413. The van der Waals surface area contributed by atoms with E-state index in [0.717, 1.165) is 15.6 Å². The Morgan fingerprint density at radius 1 is 1.09 bits per heavy atom. The Kier molecular flexibility index (Phi) is 6.62. The molecule has 2 rings (SSSR count). The number of carbonyl (C=O) groups excluding carboxylic acids is 2. The molecule has 1 amide bonds. The van der Waals surface area contributed by atoms with Crippen LogP contribution in [0.5, 0.6) is 0 Å². The minimum absolute atomic E-state index is 0.134. The van der Waals surface area contributed by atoms with Gasteiger partial charge in [-0.05, 0) is 35.4 Å². The molecular weight excluding hydrogens is 382 g/mol. The number of amides is 1. The van der Waals surface area contributed by atoms with Crippen molar-refractivity contribution in [2.24, 2.45) is 0 Å². The third kappa shape index (κ3) is 6.42. The standard InChI is InChI=1S/C17H15BrClNO3/c18-14-6-4-12(5-7-14)9-17(22)23-11-16(21)20-10-13-2-1-3-15(19)8-13/h1-8H,9-11H2,(H,20,21). The van der Waals surface area contributed by atoms with E-state index in [4.69, 9.17) is 16.3 Å². The number of ether oxygens (including phenoxy) is 1. The van der Waals surface area contributed by atoms with Gasteiger partial charge in [0.1, 0.15) is 0 Å². The van der Waals surface area contributed by atoms with E-state index in [2.05, 4.69) is 21.2 Å². The largest absolute Gasteiger partial charge is 0.455 e. The summed E-state index contributed by atoms with van der Waals surface area (Å²) in [7, 11) is 0. The maximum atomic E-state index is 11.7. The van der Waals surface area contributed by atoms with Crippen molar-refractivity contribution in [2.45, 2.75) is 13.0 Å². The molecule has 0 spiro atoms. The van der Waals surface area contributed by atoms with E-state index in [1.54, 1.807) is 12.1 Å². The van der Waals surface area contributed by atoms with Gasteiger partial charge in [0, 0.05) is 16.0 Å². The lowest BCUT2D eigenvalue weighted by atomic mass is 10.2. The van der Waals surface area contributed by atoms with E-state index in [-0.39, 0.29) is 18.9 Å². The number of hydrogen-bond acceptors (Lipinski definition) is 3. The van der Waals surface area contributed by atoms with Crippen molar-refractivity contribution >= 4 is 39.4 Å². The highest BCUT2D eigenvalue weighted by atomic mass is 79.9. The first-order chi connectivity index (χ1) is 11.0. The molecule has 0 fully saturated rings. The summed E-state index contributed by atoms with van der Waals surface area (Å²) >= 11 is 9.19. The average molecular weight is 397 g/mol. The Bertz CT molecular complexity index is 688. The van der Waals surface area contributed by atoms with E-state index < -0.39 is 5.97 Å². The number of rotatable bonds is 6. The Hall–Kier alpha value is -1.85. The van der Waals surface area contributed by atoms with Crippen molar-refractivity contribution in [1.82, 2.24) is 5.32 Å². The van der Waals surface area contributed by atoms with E-state index in [1.165, 1.54) is 0 Å². The summed E-state index contributed by atoms with van der Waals surface area (Å²) in [6.07, 6.45) is 0.134. The van der Waals surface area contributed by atoms with Crippen molar-refractivity contribution in [1.29, 1.82) is 0 Å². The van der Waals surface area contributed by atoms with E-state index >= 15 is 0 Å². The second kappa shape index (κ2) is 8.70. The highest BCUT2D eigenvalue weighted by molar-refractivity contribution is 9.10. The van der Waals surface area contributed by atoms with Gasteiger partial charge in [0.25, 0.3) is 5.91 Å². The minimum atomic E-state index is -0.440. The van der Waals surface area contributed by atoms with Gasteiger partial charge >= 0.3 is 5.97 Å². The van der Waals surface area contributed by atoms with Crippen LogP contribution in [0.15, 0.2) is 53.0 Å². The number of benzene rings is 2. The zero-order valence-electron chi connectivity index (χ0n) is 12.2. The van der Waals surface area contributed by atoms with Crippen molar-refractivity contribution in [3.8, 4) is 0 Å². The summed E-state index contributed by atoms with van der Waals surface area (Å²) in [6, 6.07) is 14.5. The topological polar surface area (TPSA) is 55.4 Å². The Morgan fingerprint density at radius 3 is 2.52 bits per heavy atom. The lowest BCUT2D eigenvalue weighted by molar-refractivity contribution is -0.147. The van der Waals surface area contributed by atoms with E-state index in [1.807, 2.05) is 36.4 Å². The van der Waals surface area contributed by atoms with Crippen LogP contribution in [0.3, 0.4) is 0 Å². The molecule has 1 N–H and O–H groups in total. The molecule has 0 aromatic heterocycles. The molecule has 0 unspecified atom stereocenters. The summed E-state index contributed by atoms with van der Waals surface area (Å²) in [5.74, 6) is -0.792. The van der Waals surface area contributed by atoms with Crippen LogP contribution in [0.4, 0.5) is 0 Å². The highest BCUT2D eigenvalue weighted by Gasteiger charge is 2.08. The van der Waals surface area contributed by atoms with Crippen molar-refractivity contribution < 1.29 is 14.3 Å². The lowest BCUT2D eigenvalue weighted by Gasteiger charge is -2.07. The Balaban J connectivity index is 1.71. The summed E-state index contributed by atoms with van der Waals surface area (Å²) in [5, 5.41) is 3.28. The monoisotopic (exact) mass is 395 g/mol. The number of esters is 1. The zero-order chi connectivity index (χ0) is 16.7. The van der Waals surface area contributed by atoms with Crippen LogP contribution in [-0.4, -0.2) is 18.5 Å². The van der Waals surface area contributed by atoms with E-state index in [9.17, 15) is 9.59 Å². The van der Waals surface area contributed by atoms with Gasteiger partial charge in [-0.15, -0.1) is 0 Å². The molecule has 0 bridgehead atoms. The van der Waals surface area contributed by atoms with Crippen LogP contribution in [0.25, 0.3) is 0 Å². The quantitative estimate of drug-likeness (QED) is 0.760. The number of carbonyl (C=O) groups is 2. The molecule has 0 aliphatic heterocycles. The second-order valence-corrected chi connectivity index (χ2v) is 6.22. The molecule has 4 nitrogen and oxygen atoms in total. The SMILES string of the molecule is O=C(COC(=O)Cc1ccc(Br)cc1)NCc1cccc(Cl)c1. The van der Waals surface area contributed by atoms with Gasteiger partial charge in [0.05, 0.1) is 6.42 Å². The van der Waals surface area contributed by atoms with Crippen LogP contribution in [-0.2, 0) is 27.3 Å². The zero-order valence-corrected chi connectivity index (χ0v) is 14.6. The molecule has 0 aliphatic rings. The third-order valence-corrected chi connectivity index (χ3v) is 3.77. The average Bonchev–Trinajstić information content (AvgIpc) is 2.53. The van der Waals surface area contributed by atoms with Gasteiger partial charge in [-0.1, -0.05) is 51.8 Å². The predicted octanol–water partition coefficient (Wildman–Crippen LogP) is 3.50. The fourth-order valence-electron chi connectivity index (χ4n) is 1.86. The van der Waals surface area contributed by atoms with Crippen LogP contribution < -0.4 is 5.32 Å². The van der Waals surface area contributed by atoms with Gasteiger partial charge in [-0.3, -0.25) is 9.59 Å². The van der Waals surface area contributed by atoms with Gasteiger partial charge in [0.15, 0.2) is 6.61 Å². The van der Waals surface area contributed by atoms with Gasteiger partial charge < -0.3 is 10.1 Å². The van der Waals surface area contributed by atoms with Crippen molar-refractivity contribution in [3.63, 3.8) is 0 Å². The second-order valence-electron chi connectivity index (χ2n) is 4.87. The van der Waals surface area contributed by atoms with Crippen LogP contribution in [0, 0.1) is 0 Å². The molecule has 0 saturated heterocycles. The van der Waals surface area contributed by atoms with Gasteiger partial charge in [-0.2, -0.15) is 0 Å². The molecule has 0 atom stereocenters. The molecule has 0 saturated carbocycles. The number of hydrogen-bond donors (Lipinski definition) is 1. The molecule has 2 aromatic carbocycles. The molecule has 6 heteroatoms. The normalized spacial score (nSPS) is 10.2. The van der Waals surface area contributed by atoms with Crippen LogP contribution >= 0.6 is 27.5 Å².